The number of amides is 1. The van der Waals surface area contributed by atoms with Gasteiger partial charge in [0.25, 0.3) is 0 Å². The molecule has 1 amide bonds. The lowest BCUT2D eigenvalue weighted by atomic mass is 9.88. The van der Waals surface area contributed by atoms with Crippen LogP contribution in [-0.4, -0.2) is 29.9 Å². The molecule has 1 saturated carbocycles. The average Bonchev–Trinajstić information content (AvgIpc) is 2.70. The number of hydrogen-bond donors (Lipinski definition) is 1. The van der Waals surface area contributed by atoms with E-state index in [-0.39, 0.29) is 0 Å². The number of carbonyl (C=O) groups is 1. The lowest BCUT2D eigenvalue weighted by Crippen LogP contribution is -2.45. The maximum atomic E-state index is 12.4. The Hall–Kier alpha value is -0.570. The highest BCUT2D eigenvalue weighted by atomic mass is 16.2. The van der Waals surface area contributed by atoms with Crippen LogP contribution in [0.3, 0.4) is 0 Å². The van der Waals surface area contributed by atoms with Crippen molar-refractivity contribution in [1.82, 2.24) is 4.90 Å². The van der Waals surface area contributed by atoms with Crippen LogP contribution in [0.25, 0.3) is 0 Å². The van der Waals surface area contributed by atoms with Crippen molar-refractivity contribution in [3.05, 3.63) is 0 Å². The molecule has 2 rings (SSSR count). The fourth-order valence-electron chi connectivity index (χ4n) is 3.23. The summed E-state index contributed by atoms with van der Waals surface area (Å²) in [6.07, 6.45) is 7.09. The van der Waals surface area contributed by atoms with E-state index in [0.717, 1.165) is 25.8 Å². The van der Waals surface area contributed by atoms with Crippen molar-refractivity contribution in [3.8, 4) is 0 Å². The monoisotopic (exact) mass is 224 g/mol. The number of nitrogens with zero attached hydrogens (tertiary/aromatic N) is 1. The summed E-state index contributed by atoms with van der Waals surface area (Å²) in [5.41, 5.74) is 5.79. The second kappa shape index (κ2) is 5.17. The van der Waals surface area contributed by atoms with E-state index in [1.165, 1.54) is 19.3 Å². The van der Waals surface area contributed by atoms with E-state index in [1.54, 1.807) is 0 Å². The SMILES string of the molecule is CC1CCN(C(=O)C2CCCCC2)C1CN. The molecule has 3 nitrogen and oxygen atoms in total. The zero-order valence-electron chi connectivity index (χ0n) is 10.3. The van der Waals surface area contributed by atoms with Crippen molar-refractivity contribution in [2.75, 3.05) is 13.1 Å². The Morgan fingerprint density at radius 3 is 2.56 bits per heavy atom. The largest absolute Gasteiger partial charge is 0.338 e. The molecule has 92 valence electrons. The first-order valence-corrected chi connectivity index (χ1v) is 6.74. The smallest absolute Gasteiger partial charge is 0.225 e. The predicted molar refractivity (Wildman–Crippen MR) is 64.9 cm³/mol. The average molecular weight is 224 g/mol. The molecule has 0 aromatic rings. The van der Waals surface area contributed by atoms with Gasteiger partial charge in [0.05, 0.1) is 0 Å². The molecule has 0 bridgehead atoms. The molecule has 1 aliphatic carbocycles. The summed E-state index contributed by atoms with van der Waals surface area (Å²) in [6, 6.07) is 0.300. The Morgan fingerprint density at radius 1 is 1.25 bits per heavy atom. The molecule has 0 aromatic carbocycles. The van der Waals surface area contributed by atoms with Gasteiger partial charge in [-0.15, -0.1) is 0 Å². The number of hydrogen-bond acceptors (Lipinski definition) is 2. The second-order valence-electron chi connectivity index (χ2n) is 5.44. The first-order valence-electron chi connectivity index (χ1n) is 6.74. The minimum Gasteiger partial charge on any atom is -0.338 e. The fraction of sp³-hybridized carbons (Fsp3) is 0.923. The summed E-state index contributed by atoms with van der Waals surface area (Å²) in [5.74, 6) is 1.27. The Balaban J connectivity index is 1.97. The van der Waals surface area contributed by atoms with Crippen molar-refractivity contribution in [3.63, 3.8) is 0 Å². The summed E-state index contributed by atoms with van der Waals surface area (Å²) >= 11 is 0. The molecular formula is C13H24N2O. The minimum absolute atomic E-state index is 0.299. The molecule has 0 spiro atoms. The lowest BCUT2D eigenvalue weighted by Gasteiger charge is -2.31. The van der Waals surface area contributed by atoms with Crippen LogP contribution in [0, 0.1) is 11.8 Å². The topological polar surface area (TPSA) is 46.3 Å². The molecule has 1 heterocycles. The predicted octanol–water partition coefficient (Wildman–Crippen LogP) is 1.76. The lowest BCUT2D eigenvalue weighted by molar-refractivity contribution is -0.137. The van der Waals surface area contributed by atoms with E-state index in [4.69, 9.17) is 5.73 Å². The van der Waals surface area contributed by atoms with Gasteiger partial charge in [-0.3, -0.25) is 4.79 Å². The number of likely N-dealkylation sites (tertiary alicyclic amines) is 1. The highest BCUT2D eigenvalue weighted by Gasteiger charge is 2.36. The van der Waals surface area contributed by atoms with Gasteiger partial charge in [-0.25, -0.2) is 0 Å². The van der Waals surface area contributed by atoms with Gasteiger partial charge >= 0.3 is 0 Å². The van der Waals surface area contributed by atoms with E-state index in [1.807, 2.05) is 0 Å². The van der Waals surface area contributed by atoms with Crippen molar-refractivity contribution >= 4 is 5.91 Å². The van der Waals surface area contributed by atoms with E-state index in [0.29, 0.717) is 30.3 Å². The van der Waals surface area contributed by atoms with Crippen molar-refractivity contribution in [1.29, 1.82) is 0 Å². The van der Waals surface area contributed by atoms with Crippen molar-refractivity contribution < 1.29 is 4.79 Å². The van der Waals surface area contributed by atoms with Crippen LogP contribution in [0.4, 0.5) is 0 Å². The van der Waals surface area contributed by atoms with Crippen LogP contribution in [-0.2, 0) is 4.79 Å². The van der Waals surface area contributed by atoms with Gasteiger partial charge in [-0.2, -0.15) is 0 Å². The number of nitrogens with two attached hydrogens (primary N) is 1. The maximum absolute atomic E-state index is 12.4. The van der Waals surface area contributed by atoms with Crippen LogP contribution in [0.1, 0.15) is 45.4 Å². The molecule has 2 atom stereocenters. The summed E-state index contributed by atoms with van der Waals surface area (Å²) < 4.78 is 0. The molecule has 2 fully saturated rings. The van der Waals surface area contributed by atoms with Crippen LogP contribution in [0.15, 0.2) is 0 Å². The summed E-state index contributed by atoms with van der Waals surface area (Å²) in [7, 11) is 0. The van der Waals surface area contributed by atoms with Crippen LogP contribution in [0.5, 0.6) is 0 Å². The molecular weight excluding hydrogens is 200 g/mol. The molecule has 3 heteroatoms. The third kappa shape index (κ3) is 2.24. The van der Waals surface area contributed by atoms with Gasteiger partial charge in [-0.1, -0.05) is 26.2 Å². The molecule has 0 radical (unpaired) electrons. The van der Waals surface area contributed by atoms with E-state index >= 15 is 0 Å². The molecule has 16 heavy (non-hydrogen) atoms. The van der Waals surface area contributed by atoms with E-state index in [2.05, 4.69) is 11.8 Å². The Morgan fingerprint density at radius 2 is 1.94 bits per heavy atom. The van der Waals surface area contributed by atoms with Gasteiger partial charge in [0, 0.05) is 25.0 Å². The summed E-state index contributed by atoms with van der Waals surface area (Å²) in [6.45, 7) is 3.77. The molecule has 2 N–H and O–H groups in total. The fourth-order valence-corrected chi connectivity index (χ4v) is 3.23. The molecule has 0 aromatic heterocycles. The number of carbonyl (C=O) groups excluding carboxylic acids is 1. The zero-order chi connectivity index (χ0) is 11.5. The zero-order valence-corrected chi connectivity index (χ0v) is 10.3. The van der Waals surface area contributed by atoms with Gasteiger partial charge < -0.3 is 10.6 Å². The quantitative estimate of drug-likeness (QED) is 0.777. The van der Waals surface area contributed by atoms with Gasteiger partial charge in [0.15, 0.2) is 0 Å². The Kier molecular flexibility index (Phi) is 3.85. The van der Waals surface area contributed by atoms with Crippen LogP contribution in [0.2, 0.25) is 0 Å². The first-order chi connectivity index (χ1) is 7.74. The minimum atomic E-state index is 0.299. The molecule has 1 saturated heterocycles. The second-order valence-corrected chi connectivity index (χ2v) is 5.44. The van der Waals surface area contributed by atoms with Gasteiger partial charge in [0.1, 0.15) is 0 Å². The highest BCUT2D eigenvalue weighted by molar-refractivity contribution is 5.79. The Bertz CT molecular complexity index is 248. The molecule has 2 aliphatic rings. The molecule has 1 aliphatic heterocycles. The van der Waals surface area contributed by atoms with Crippen LogP contribution >= 0.6 is 0 Å². The number of rotatable bonds is 2. The van der Waals surface area contributed by atoms with E-state index < -0.39 is 0 Å². The molecule has 2 unspecified atom stereocenters. The van der Waals surface area contributed by atoms with Crippen molar-refractivity contribution in [2.24, 2.45) is 17.6 Å². The standard InChI is InChI=1S/C13H24N2O/c1-10-7-8-15(12(10)9-14)13(16)11-5-3-2-4-6-11/h10-12H,2-9,14H2,1H3. The summed E-state index contributed by atoms with van der Waals surface area (Å²) in [5, 5.41) is 0. The van der Waals surface area contributed by atoms with Crippen LogP contribution < -0.4 is 5.73 Å². The first kappa shape index (κ1) is 11.9. The van der Waals surface area contributed by atoms with Gasteiger partial charge in [-0.05, 0) is 25.2 Å². The highest BCUT2D eigenvalue weighted by Crippen LogP contribution is 2.30. The van der Waals surface area contributed by atoms with E-state index in [9.17, 15) is 4.79 Å². The third-order valence-corrected chi connectivity index (χ3v) is 4.36. The van der Waals surface area contributed by atoms with Crippen molar-refractivity contribution in [2.45, 2.75) is 51.5 Å². The Labute approximate surface area is 98.4 Å². The summed E-state index contributed by atoms with van der Waals surface area (Å²) in [4.78, 5) is 14.5. The van der Waals surface area contributed by atoms with Gasteiger partial charge in [0.2, 0.25) is 5.91 Å². The third-order valence-electron chi connectivity index (χ3n) is 4.36. The maximum Gasteiger partial charge on any atom is 0.225 e. The normalized spacial score (nSPS) is 32.0.